The molecule has 0 amide bonds. The molecule has 0 radical (unpaired) electrons. The summed E-state index contributed by atoms with van der Waals surface area (Å²) in [5.41, 5.74) is 6.08. The number of halogens is 1. The lowest BCUT2D eigenvalue weighted by atomic mass is 10.2. The Morgan fingerprint density at radius 1 is 1.50 bits per heavy atom. The third kappa shape index (κ3) is 3.72. The number of benzene rings is 1. The van der Waals surface area contributed by atoms with E-state index in [0.29, 0.717) is 28.1 Å². The van der Waals surface area contributed by atoms with Gasteiger partial charge in [0, 0.05) is 11.3 Å². The Morgan fingerprint density at radius 3 is 2.95 bits per heavy atom. The zero-order valence-corrected chi connectivity index (χ0v) is 11.9. The summed E-state index contributed by atoms with van der Waals surface area (Å²) in [5, 5.41) is 13.0. The van der Waals surface area contributed by atoms with Crippen LogP contribution < -0.4 is 5.73 Å². The van der Waals surface area contributed by atoms with Crippen molar-refractivity contribution in [3.05, 3.63) is 35.2 Å². The molecule has 1 aromatic carbocycles. The van der Waals surface area contributed by atoms with E-state index in [4.69, 9.17) is 27.0 Å². The van der Waals surface area contributed by atoms with Crippen molar-refractivity contribution in [3.63, 3.8) is 0 Å². The van der Waals surface area contributed by atoms with Crippen LogP contribution in [-0.4, -0.2) is 33.0 Å². The Morgan fingerprint density at radius 2 is 2.25 bits per heavy atom. The van der Waals surface area contributed by atoms with Gasteiger partial charge in [-0.25, -0.2) is 0 Å². The molecule has 0 fully saturated rings. The molecule has 0 bridgehead atoms. The molecule has 0 spiro atoms. The summed E-state index contributed by atoms with van der Waals surface area (Å²) in [6.45, 7) is 0. The average molecular weight is 314 g/mol. The maximum absolute atomic E-state index is 10.6. The Labute approximate surface area is 124 Å². The van der Waals surface area contributed by atoms with Crippen LogP contribution in [0.25, 0.3) is 11.4 Å². The van der Waals surface area contributed by atoms with Crippen molar-refractivity contribution in [2.75, 3.05) is 5.75 Å². The summed E-state index contributed by atoms with van der Waals surface area (Å²) in [4.78, 5) is 14.8. The Hall–Kier alpha value is -1.57. The minimum Gasteiger partial charge on any atom is -0.480 e. The molecule has 2 rings (SSSR count). The van der Waals surface area contributed by atoms with Crippen LogP contribution in [-0.2, 0) is 10.5 Å². The molecule has 1 unspecified atom stereocenters. The Bertz CT molecular complexity index is 605. The highest BCUT2D eigenvalue weighted by atomic mass is 35.5. The number of carboxylic acids is 1. The van der Waals surface area contributed by atoms with Crippen molar-refractivity contribution in [1.29, 1.82) is 0 Å². The van der Waals surface area contributed by atoms with Crippen LogP contribution in [0.3, 0.4) is 0 Å². The number of carbonyl (C=O) groups is 1. The first-order valence-electron chi connectivity index (χ1n) is 5.71. The molecular formula is C12H12ClN3O3S. The minimum atomic E-state index is -1.03. The van der Waals surface area contributed by atoms with Gasteiger partial charge in [-0.1, -0.05) is 28.9 Å². The van der Waals surface area contributed by atoms with E-state index in [1.807, 2.05) is 12.1 Å². The van der Waals surface area contributed by atoms with E-state index in [1.165, 1.54) is 11.8 Å². The number of aromatic nitrogens is 2. The Kier molecular flexibility index (Phi) is 4.99. The predicted octanol–water partition coefficient (Wildman–Crippen LogP) is 2.04. The first-order valence-corrected chi connectivity index (χ1v) is 7.25. The number of carboxylic acid groups (broad SMARTS) is 1. The van der Waals surface area contributed by atoms with Gasteiger partial charge in [-0.05, 0) is 12.1 Å². The fourth-order valence-electron chi connectivity index (χ4n) is 1.41. The smallest absolute Gasteiger partial charge is 0.321 e. The van der Waals surface area contributed by atoms with E-state index in [2.05, 4.69) is 10.1 Å². The lowest BCUT2D eigenvalue weighted by Crippen LogP contribution is -2.32. The van der Waals surface area contributed by atoms with Crippen LogP contribution in [0.1, 0.15) is 5.89 Å². The fraction of sp³-hybridized carbons (Fsp3) is 0.250. The summed E-state index contributed by atoms with van der Waals surface area (Å²) in [5.74, 6) is 0.466. The van der Waals surface area contributed by atoms with E-state index >= 15 is 0 Å². The predicted molar refractivity (Wildman–Crippen MR) is 76.5 cm³/mol. The molecule has 0 aliphatic rings. The van der Waals surface area contributed by atoms with Crippen molar-refractivity contribution < 1.29 is 14.4 Å². The molecule has 0 aliphatic heterocycles. The Balaban J connectivity index is 1.96. The van der Waals surface area contributed by atoms with Gasteiger partial charge in [0.2, 0.25) is 11.7 Å². The monoisotopic (exact) mass is 313 g/mol. The highest BCUT2D eigenvalue weighted by molar-refractivity contribution is 7.98. The van der Waals surface area contributed by atoms with E-state index in [1.54, 1.807) is 12.1 Å². The molecule has 0 aliphatic carbocycles. The van der Waals surface area contributed by atoms with Crippen LogP contribution in [0.4, 0.5) is 0 Å². The van der Waals surface area contributed by atoms with E-state index < -0.39 is 12.0 Å². The lowest BCUT2D eigenvalue weighted by molar-refractivity contribution is -0.137. The van der Waals surface area contributed by atoms with Gasteiger partial charge in [0.1, 0.15) is 6.04 Å². The standard InChI is InChI=1S/C12H12ClN3O3S/c13-8-4-2-1-3-7(8)11-15-10(19-16-11)6-20-5-9(14)12(17)18/h1-4,9H,5-6,14H2,(H,17,18). The maximum Gasteiger partial charge on any atom is 0.321 e. The van der Waals surface area contributed by atoms with Gasteiger partial charge in [-0.15, -0.1) is 11.8 Å². The second-order valence-electron chi connectivity index (χ2n) is 3.95. The number of hydrogen-bond donors (Lipinski definition) is 2. The SMILES string of the molecule is NC(CSCc1nc(-c2ccccc2Cl)no1)C(=O)O. The number of nitrogens with zero attached hydrogens (tertiary/aromatic N) is 2. The molecule has 106 valence electrons. The van der Waals surface area contributed by atoms with Crippen LogP contribution in [0.2, 0.25) is 5.02 Å². The van der Waals surface area contributed by atoms with Gasteiger partial charge in [0.25, 0.3) is 0 Å². The van der Waals surface area contributed by atoms with Gasteiger partial charge in [0.15, 0.2) is 0 Å². The average Bonchev–Trinajstić information content (AvgIpc) is 2.87. The van der Waals surface area contributed by atoms with Gasteiger partial charge in [-0.3, -0.25) is 4.79 Å². The fourth-order valence-corrected chi connectivity index (χ4v) is 2.44. The highest BCUT2D eigenvalue weighted by Crippen LogP contribution is 2.25. The third-order valence-electron chi connectivity index (χ3n) is 2.42. The summed E-state index contributed by atoms with van der Waals surface area (Å²) in [7, 11) is 0. The first kappa shape index (κ1) is 14.8. The highest BCUT2D eigenvalue weighted by Gasteiger charge is 2.14. The van der Waals surface area contributed by atoms with Crippen molar-refractivity contribution in [2.45, 2.75) is 11.8 Å². The second kappa shape index (κ2) is 6.74. The first-order chi connectivity index (χ1) is 9.58. The van der Waals surface area contributed by atoms with Crippen molar-refractivity contribution in [1.82, 2.24) is 10.1 Å². The molecular weight excluding hydrogens is 302 g/mol. The van der Waals surface area contributed by atoms with E-state index in [0.717, 1.165) is 0 Å². The summed E-state index contributed by atoms with van der Waals surface area (Å²) in [6, 6.07) is 6.29. The topological polar surface area (TPSA) is 102 Å². The van der Waals surface area contributed by atoms with Crippen molar-refractivity contribution in [3.8, 4) is 11.4 Å². The quantitative estimate of drug-likeness (QED) is 0.841. The van der Waals surface area contributed by atoms with Crippen LogP contribution in [0.15, 0.2) is 28.8 Å². The van der Waals surface area contributed by atoms with Crippen molar-refractivity contribution >= 4 is 29.3 Å². The zero-order valence-electron chi connectivity index (χ0n) is 10.3. The third-order valence-corrected chi connectivity index (χ3v) is 3.80. The number of nitrogens with two attached hydrogens (primary N) is 1. The number of aliphatic carboxylic acids is 1. The van der Waals surface area contributed by atoms with Crippen molar-refractivity contribution in [2.24, 2.45) is 5.73 Å². The lowest BCUT2D eigenvalue weighted by Gasteiger charge is -2.03. The molecule has 2 aromatic rings. The number of rotatable bonds is 6. The van der Waals surface area contributed by atoms with E-state index in [9.17, 15) is 4.79 Å². The molecule has 0 saturated carbocycles. The second-order valence-corrected chi connectivity index (χ2v) is 5.39. The molecule has 8 heteroatoms. The number of hydrogen-bond acceptors (Lipinski definition) is 6. The number of thioether (sulfide) groups is 1. The molecule has 6 nitrogen and oxygen atoms in total. The summed E-state index contributed by atoms with van der Waals surface area (Å²) in [6.07, 6.45) is 0. The van der Waals surface area contributed by atoms with Crippen LogP contribution in [0.5, 0.6) is 0 Å². The molecule has 1 aromatic heterocycles. The van der Waals surface area contributed by atoms with Gasteiger partial charge in [0.05, 0.1) is 10.8 Å². The molecule has 3 N–H and O–H groups in total. The maximum atomic E-state index is 10.6. The van der Waals surface area contributed by atoms with Gasteiger partial charge < -0.3 is 15.4 Å². The minimum absolute atomic E-state index is 0.277. The largest absolute Gasteiger partial charge is 0.480 e. The zero-order chi connectivity index (χ0) is 14.5. The summed E-state index contributed by atoms with van der Waals surface area (Å²) < 4.78 is 5.09. The summed E-state index contributed by atoms with van der Waals surface area (Å²) >= 11 is 7.36. The van der Waals surface area contributed by atoms with Crippen LogP contribution in [0, 0.1) is 0 Å². The molecule has 1 heterocycles. The molecule has 1 atom stereocenters. The normalized spacial score (nSPS) is 12.3. The van der Waals surface area contributed by atoms with Gasteiger partial charge in [-0.2, -0.15) is 4.98 Å². The van der Waals surface area contributed by atoms with E-state index in [-0.39, 0.29) is 5.75 Å². The van der Waals surface area contributed by atoms with Gasteiger partial charge >= 0.3 is 5.97 Å². The van der Waals surface area contributed by atoms with Crippen LogP contribution >= 0.6 is 23.4 Å². The molecule has 0 saturated heterocycles. The molecule has 20 heavy (non-hydrogen) atoms.